The van der Waals surface area contributed by atoms with Crippen molar-refractivity contribution in [1.29, 1.82) is 0 Å². The van der Waals surface area contributed by atoms with Crippen LogP contribution in [0.5, 0.6) is 0 Å². The molecule has 0 fully saturated rings. The van der Waals surface area contributed by atoms with E-state index in [2.05, 4.69) is 22.2 Å². The van der Waals surface area contributed by atoms with Crippen molar-refractivity contribution in [3.05, 3.63) is 63.7 Å². The van der Waals surface area contributed by atoms with Crippen molar-refractivity contribution in [2.24, 2.45) is 0 Å². The second kappa shape index (κ2) is 6.86. The van der Waals surface area contributed by atoms with Crippen molar-refractivity contribution >= 4 is 34.4 Å². The van der Waals surface area contributed by atoms with Gasteiger partial charge in [-0.1, -0.05) is 12.1 Å². The lowest BCUT2D eigenvalue weighted by atomic mass is 10.1. The molecule has 0 aliphatic carbocycles. The molecule has 0 unspecified atom stereocenters. The van der Waals surface area contributed by atoms with Crippen LogP contribution < -0.4 is 16.2 Å². The van der Waals surface area contributed by atoms with E-state index in [9.17, 15) is 10.1 Å². The third-order valence-corrected chi connectivity index (χ3v) is 3.06. The van der Waals surface area contributed by atoms with E-state index >= 15 is 0 Å². The van der Waals surface area contributed by atoms with Crippen molar-refractivity contribution in [2.75, 3.05) is 10.7 Å². The molecule has 0 atom stereocenters. The minimum atomic E-state index is -0.447. The van der Waals surface area contributed by atoms with E-state index in [-0.39, 0.29) is 5.69 Å². The number of nitrogens with one attached hydrogen (secondary N) is 3. The molecule has 0 saturated carbocycles. The lowest BCUT2D eigenvalue weighted by molar-refractivity contribution is -0.384. The lowest BCUT2D eigenvalue weighted by Gasteiger charge is -2.13. The molecule has 2 aromatic carbocycles. The van der Waals surface area contributed by atoms with Crippen LogP contribution in [0.3, 0.4) is 0 Å². The Morgan fingerprint density at radius 2 is 1.77 bits per heavy atom. The molecule has 2 rings (SSSR count). The van der Waals surface area contributed by atoms with E-state index in [4.69, 9.17) is 12.2 Å². The maximum Gasteiger partial charge on any atom is 0.271 e. The minimum absolute atomic E-state index is 0.0139. The van der Waals surface area contributed by atoms with Gasteiger partial charge in [-0.05, 0) is 55.4 Å². The lowest BCUT2D eigenvalue weighted by Crippen LogP contribution is -2.33. The summed E-state index contributed by atoms with van der Waals surface area (Å²) in [7, 11) is 0. The van der Waals surface area contributed by atoms with Crippen molar-refractivity contribution < 1.29 is 4.92 Å². The second-order valence-corrected chi connectivity index (χ2v) is 5.30. The molecular formula is C15H16N4O2S. The zero-order valence-electron chi connectivity index (χ0n) is 12.2. The minimum Gasteiger partial charge on any atom is -0.331 e. The predicted molar refractivity (Wildman–Crippen MR) is 92.0 cm³/mol. The first kappa shape index (κ1) is 15.7. The molecule has 0 saturated heterocycles. The Balaban J connectivity index is 1.95. The van der Waals surface area contributed by atoms with Crippen molar-refractivity contribution in [1.82, 2.24) is 5.43 Å². The first-order valence-electron chi connectivity index (χ1n) is 6.60. The Morgan fingerprint density at radius 3 is 2.41 bits per heavy atom. The molecule has 0 heterocycles. The summed E-state index contributed by atoms with van der Waals surface area (Å²) in [6.07, 6.45) is 0. The van der Waals surface area contributed by atoms with Crippen LogP contribution in [-0.2, 0) is 0 Å². The van der Waals surface area contributed by atoms with Gasteiger partial charge in [0.25, 0.3) is 5.69 Å². The predicted octanol–water partition coefficient (Wildman–Crippen LogP) is 3.53. The van der Waals surface area contributed by atoms with Gasteiger partial charge in [0.15, 0.2) is 5.11 Å². The van der Waals surface area contributed by atoms with Gasteiger partial charge in [0.05, 0.1) is 10.6 Å². The van der Waals surface area contributed by atoms with Gasteiger partial charge >= 0.3 is 0 Å². The van der Waals surface area contributed by atoms with Gasteiger partial charge in [0.1, 0.15) is 0 Å². The highest BCUT2D eigenvalue weighted by Crippen LogP contribution is 2.16. The van der Waals surface area contributed by atoms with Gasteiger partial charge in [-0.15, -0.1) is 0 Å². The normalized spacial score (nSPS) is 9.91. The average Bonchev–Trinajstić information content (AvgIpc) is 2.44. The molecule has 0 amide bonds. The van der Waals surface area contributed by atoms with Crippen LogP contribution in [0.15, 0.2) is 42.5 Å². The molecule has 0 bridgehead atoms. The Morgan fingerprint density at radius 1 is 1.09 bits per heavy atom. The molecule has 0 radical (unpaired) electrons. The largest absolute Gasteiger partial charge is 0.331 e. The van der Waals surface area contributed by atoms with Gasteiger partial charge in [-0.25, -0.2) is 0 Å². The molecule has 0 aliphatic heterocycles. The zero-order chi connectivity index (χ0) is 16.1. The molecule has 0 aliphatic rings. The molecule has 114 valence electrons. The Bertz CT molecular complexity index is 698. The highest BCUT2D eigenvalue weighted by Gasteiger charge is 2.05. The number of hydrogen-bond donors (Lipinski definition) is 3. The number of nitrogens with zero attached hydrogens (tertiary/aromatic N) is 1. The van der Waals surface area contributed by atoms with E-state index in [1.54, 1.807) is 12.1 Å². The summed E-state index contributed by atoms with van der Waals surface area (Å²) in [5, 5.41) is 14.1. The van der Waals surface area contributed by atoms with Crippen LogP contribution in [0.1, 0.15) is 11.1 Å². The second-order valence-electron chi connectivity index (χ2n) is 4.89. The van der Waals surface area contributed by atoms with E-state index in [0.29, 0.717) is 10.8 Å². The van der Waals surface area contributed by atoms with Crippen molar-refractivity contribution in [3.8, 4) is 0 Å². The van der Waals surface area contributed by atoms with Gasteiger partial charge in [-0.2, -0.15) is 0 Å². The molecule has 2 aromatic rings. The molecule has 7 heteroatoms. The SMILES string of the molecule is Cc1cc(C)cc(NC(=S)NNc2cccc([N+](=O)[O-])c2)c1. The maximum absolute atomic E-state index is 10.7. The Hall–Kier alpha value is -2.67. The average molecular weight is 316 g/mol. The fraction of sp³-hybridized carbons (Fsp3) is 0.133. The smallest absolute Gasteiger partial charge is 0.271 e. The third-order valence-electron chi connectivity index (χ3n) is 2.86. The summed E-state index contributed by atoms with van der Waals surface area (Å²) >= 11 is 5.19. The molecule has 0 spiro atoms. The number of anilines is 2. The number of rotatable bonds is 4. The van der Waals surface area contributed by atoms with Crippen LogP contribution in [-0.4, -0.2) is 10.0 Å². The fourth-order valence-corrected chi connectivity index (χ4v) is 2.20. The Kier molecular flexibility index (Phi) is 4.90. The first-order chi connectivity index (χ1) is 10.4. The van der Waals surface area contributed by atoms with E-state index < -0.39 is 4.92 Å². The summed E-state index contributed by atoms with van der Waals surface area (Å²) in [6.45, 7) is 4.02. The monoisotopic (exact) mass is 316 g/mol. The number of hydrogen-bond acceptors (Lipinski definition) is 4. The molecule has 6 nitrogen and oxygen atoms in total. The third kappa shape index (κ3) is 4.42. The molecule has 22 heavy (non-hydrogen) atoms. The molecule has 0 aromatic heterocycles. The van der Waals surface area contributed by atoms with Crippen LogP contribution in [0, 0.1) is 24.0 Å². The summed E-state index contributed by atoms with van der Waals surface area (Å²) in [4.78, 5) is 10.3. The quantitative estimate of drug-likeness (QED) is 0.455. The van der Waals surface area contributed by atoms with Crippen LogP contribution in [0.4, 0.5) is 17.1 Å². The van der Waals surface area contributed by atoms with Gasteiger partial charge < -0.3 is 5.32 Å². The highest BCUT2D eigenvalue weighted by atomic mass is 32.1. The summed E-state index contributed by atoms with van der Waals surface area (Å²) in [6, 6.07) is 12.2. The Labute approximate surface area is 133 Å². The van der Waals surface area contributed by atoms with Gasteiger partial charge in [-0.3, -0.25) is 21.0 Å². The summed E-state index contributed by atoms with van der Waals surface area (Å²) < 4.78 is 0. The number of hydrazine groups is 1. The zero-order valence-corrected chi connectivity index (χ0v) is 13.0. The van der Waals surface area contributed by atoms with Crippen molar-refractivity contribution in [2.45, 2.75) is 13.8 Å². The number of thiocarbonyl (C=S) groups is 1. The fourth-order valence-electron chi connectivity index (χ4n) is 2.04. The topological polar surface area (TPSA) is 79.2 Å². The van der Waals surface area contributed by atoms with Crippen LogP contribution in [0.25, 0.3) is 0 Å². The standard InChI is InChI=1S/C15H16N4O2S/c1-10-6-11(2)8-13(7-10)16-15(22)18-17-12-4-3-5-14(9-12)19(20)21/h3-9,17H,1-2H3,(H2,16,18,22). The van der Waals surface area contributed by atoms with Crippen molar-refractivity contribution in [3.63, 3.8) is 0 Å². The molecular weight excluding hydrogens is 300 g/mol. The highest BCUT2D eigenvalue weighted by molar-refractivity contribution is 7.80. The van der Waals surface area contributed by atoms with E-state index in [1.165, 1.54) is 12.1 Å². The van der Waals surface area contributed by atoms with E-state index in [1.807, 2.05) is 26.0 Å². The van der Waals surface area contributed by atoms with Crippen LogP contribution in [0.2, 0.25) is 0 Å². The number of non-ortho nitro benzene ring substituents is 1. The van der Waals surface area contributed by atoms with E-state index in [0.717, 1.165) is 16.8 Å². The first-order valence-corrected chi connectivity index (χ1v) is 7.00. The van der Waals surface area contributed by atoms with Gasteiger partial charge in [0, 0.05) is 17.8 Å². The number of nitro groups is 1. The van der Waals surface area contributed by atoms with Crippen LogP contribution >= 0.6 is 12.2 Å². The number of benzene rings is 2. The maximum atomic E-state index is 10.7. The summed E-state index contributed by atoms with van der Waals surface area (Å²) in [5.41, 5.74) is 9.36. The molecule has 3 N–H and O–H groups in total. The number of aryl methyl sites for hydroxylation is 2. The number of nitro benzene ring substituents is 1. The van der Waals surface area contributed by atoms with Gasteiger partial charge in [0.2, 0.25) is 0 Å². The summed E-state index contributed by atoms with van der Waals surface area (Å²) in [5.74, 6) is 0.